The lowest BCUT2D eigenvalue weighted by molar-refractivity contribution is 0.415. The summed E-state index contributed by atoms with van der Waals surface area (Å²) in [5.74, 6) is 0.840. The lowest BCUT2D eigenvalue weighted by Gasteiger charge is -1.97. The maximum Gasteiger partial charge on any atom is 0.119 e. The van der Waals surface area contributed by atoms with Gasteiger partial charge < -0.3 is 9.72 Å². The first-order valence-electron chi connectivity index (χ1n) is 6.64. The molecule has 102 valence electrons. The van der Waals surface area contributed by atoms with E-state index in [1.165, 1.54) is 0 Å². The Morgan fingerprint density at radius 3 is 2.76 bits per heavy atom. The van der Waals surface area contributed by atoms with E-state index in [0.717, 1.165) is 27.9 Å². The summed E-state index contributed by atoms with van der Waals surface area (Å²) in [6, 6.07) is 17.7. The standard InChI is InChI=1S/C18H14N2O/c1-21-17-8-9-18-15(11-17)10-16(20-18)7-6-13-4-2-3-5-14(13)12-19/h2-11,20H,1H3/b7-6+. The van der Waals surface area contributed by atoms with Crippen molar-refractivity contribution in [3.05, 3.63) is 65.4 Å². The van der Waals surface area contributed by atoms with E-state index < -0.39 is 0 Å². The van der Waals surface area contributed by atoms with Crippen LogP contribution in [0.15, 0.2) is 48.5 Å². The Kier molecular flexibility index (Phi) is 3.44. The van der Waals surface area contributed by atoms with Crippen LogP contribution in [0.2, 0.25) is 0 Å². The molecule has 0 amide bonds. The van der Waals surface area contributed by atoms with E-state index in [-0.39, 0.29) is 0 Å². The summed E-state index contributed by atoms with van der Waals surface area (Å²) in [7, 11) is 1.66. The number of ether oxygens (including phenoxy) is 1. The molecule has 0 saturated heterocycles. The fraction of sp³-hybridized carbons (Fsp3) is 0.0556. The number of nitriles is 1. The van der Waals surface area contributed by atoms with Gasteiger partial charge in [0.1, 0.15) is 5.75 Å². The second-order valence-electron chi connectivity index (χ2n) is 4.71. The Labute approximate surface area is 123 Å². The summed E-state index contributed by atoms with van der Waals surface area (Å²) in [4.78, 5) is 3.33. The van der Waals surface area contributed by atoms with Crippen molar-refractivity contribution in [2.75, 3.05) is 7.11 Å². The van der Waals surface area contributed by atoms with E-state index in [2.05, 4.69) is 17.1 Å². The number of hydrogen-bond donors (Lipinski definition) is 1. The summed E-state index contributed by atoms with van der Waals surface area (Å²) < 4.78 is 5.22. The number of hydrogen-bond acceptors (Lipinski definition) is 2. The highest BCUT2D eigenvalue weighted by atomic mass is 16.5. The topological polar surface area (TPSA) is 48.8 Å². The molecule has 0 spiro atoms. The van der Waals surface area contributed by atoms with Crippen LogP contribution >= 0.6 is 0 Å². The van der Waals surface area contributed by atoms with Gasteiger partial charge in [-0.3, -0.25) is 0 Å². The fourth-order valence-corrected chi connectivity index (χ4v) is 2.27. The van der Waals surface area contributed by atoms with Crippen LogP contribution < -0.4 is 4.74 Å². The molecular weight excluding hydrogens is 260 g/mol. The second-order valence-corrected chi connectivity index (χ2v) is 4.71. The molecule has 0 unspecified atom stereocenters. The highest BCUT2D eigenvalue weighted by molar-refractivity contribution is 5.85. The summed E-state index contributed by atoms with van der Waals surface area (Å²) >= 11 is 0. The van der Waals surface area contributed by atoms with E-state index in [9.17, 15) is 0 Å². The first-order valence-corrected chi connectivity index (χ1v) is 6.64. The molecule has 3 aromatic rings. The van der Waals surface area contributed by atoms with Crippen molar-refractivity contribution in [3.8, 4) is 11.8 Å². The van der Waals surface area contributed by atoms with Crippen LogP contribution in [0, 0.1) is 11.3 Å². The van der Waals surface area contributed by atoms with E-state index >= 15 is 0 Å². The zero-order valence-electron chi connectivity index (χ0n) is 11.6. The largest absolute Gasteiger partial charge is 0.497 e. The number of fused-ring (bicyclic) bond motifs is 1. The third kappa shape index (κ3) is 2.65. The lowest BCUT2D eigenvalue weighted by Crippen LogP contribution is -1.80. The Hall–Kier alpha value is -2.99. The molecule has 2 aromatic carbocycles. The highest BCUT2D eigenvalue weighted by Crippen LogP contribution is 2.22. The van der Waals surface area contributed by atoms with Gasteiger partial charge >= 0.3 is 0 Å². The minimum absolute atomic E-state index is 0.673. The molecule has 3 heteroatoms. The van der Waals surface area contributed by atoms with Crippen LogP contribution in [0.5, 0.6) is 5.75 Å². The van der Waals surface area contributed by atoms with Crippen LogP contribution in [0.4, 0.5) is 0 Å². The molecule has 0 aliphatic heterocycles. The third-order valence-electron chi connectivity index (χ3n) is 3.37. The molecule has 21 heavy (non-hydrogen) atoms. The number of nitrogens with one attached hydrogen (secondary N) is 1. The molecule has 1 aromatic heterocycles. The molecular formula is C18H14N2O. The fourth-order valence-electron chi connectivity index (χ4n) is 2.27. The number of nitrogens with zero attached hydrogens (tertiary/aromatic N) is 1. The Morgan fingerprint density at radius 2 is 1.95 bits per heavy atom. The normalized spacial score (nSPS) is 10.9. The molecule has 1 N–H and O–H groups in total. The molecule has 3 nitrogen and oxygen atoms in total. The van der Waals surface area contributed by atoms with E-state index in [4.69, 9.17) is 10.00 Å². The number of aromatic amines is 1. The van der Waals surface area contributed by atoms with Gasteiger partial charge in [0.05, 0.1) is 18.7 Å². The first-order chi connectivity index (χ1) is 10.3. The molecule has 0 fully saturated rings. The van der Waals surface area contributed by atoms with Gasteiger partial charge in [-0.1, -0.05) is 24.3 Å². The van der Waals surface area contributed by atoms with Crippen molar-refractivity contribution in [1.82, 2.24) is 4.98 Å². The first kappa shape index (κ1) is 13.0. The van der Waals surface area contributed by atoms with Crippen LogP contribution in [0.25, 0.3) is 23.1 Å². The zero-order valence-corrected chi connectivity index (χ0v) is 11.6. The van der Waals surface area contributed by atoms with Crippen molar-refractivity contribution >= 4 is 23.1 Å². The number of benzene rings is 2. The molecule has 0 saturated carbocycles. The quantitative estimate of drug-likeness (QED) is 0.777. The Balaban J connectivity index is 1.94. The monoisotopic (exact) mass is 274 g/mol. The molecule has 0 bridgehead atoms. The summed E-state index contributed by atoms with van der Waals surface area (Å²) in [5.41, 5.74) is 3.64. The predicted octanol–water partition coefficient (Wildman–Crippen LogP) is 4.22. The average molecular weight is 274 g/mol. The third-order valence-corrected chi connectivity index (χ3v) is 3.37. The van der Waals surface area contributed by atoms with Crippen LogP contribution in [0.1, 0.15) is 16.8 Å². The molecule has 0 aliphatic carbocycles. The highest BCUT2D eigenvalue weighted by Gasteiger charge is 2.01. The smallest absolute Gasteiger partial charge is 0.119 e. The van der Waals surface area contributed by atoms with Gasteiger partial charge in [-0.05, 0) is 42.0 Å². The molecule has 0 radical (unpaired) electrons. The van der Waals surface area contributed by atoms with Gasteiger partial charge in [-0.25, -0.2) is 0 Å². The van der Waals surface area contributed by atoms with Gasteiger partial charge in [0.25, 0.3) is 0 Å². The van der Waals surface area contributed by atoms with Crippen LogP contribution in [0.3, 0.4) is 0 Å². The SMILES string of the molecule is COc1ccc2[nH]c(/C=C/c3ccccc3C#N)cc2c1. The zero-order chi connectivity index (χ0) is 14.7. The van der Waals surface area contributed by atoms with Gasteiger partial charge in [0, 0.05) is 16.6 Å². The van der Waals surface area contributed by atoms with Crippen molar-refractivity contribution in [2.45, 2.75) is 0 Å². The lowest BCUT2D eigenvalue weighted by atomic mass is 10.1. The number of aromatic nitrogens is 1. The maximum atomic E-state index is 9.08. The van der Waals surface area contributed by atoms with Crippen molar-refractivity contribution in [1.29, 1.82) is 5.26 Å². The van der Waals surface area contributed by atoms with Gasteiger partial charge in [-0.15, -0.1) is 0 Å². The molecule has 3 rings (SSSR count). The Morgan fingerprint density at radius 1 is 1.10 bits per heavy atom. The molecule has 1 heterocycles. The molecule has 0 aliphatic rings. The maximum absolute atomic E-state index is 9.08. The van der Waals surface area contributed by atoms with Crippen molar-refractivity contribution in [3.63, 3.8) is 0 Å². The average Bonchev–Trinajstić information content (AvgIpc) is 2.94. The second kappa shape index (κ2) is 5.56. The van der Waals surface area contributed by atoms with Crippen molar-refractivity contribution < 1.29 is 4.74 Å². The minimum Gasteiger partial charge on any atom is -0.497 e. The van der Waals surface area contributed by atoms with E-state index in [1.54, 1.807) is 7.11 Å². The van der Waals surface area contributed by atoms with Gasteiger partial charge in [0.2, 0.25) is 0 Å². The summed E-state index contributed by atoms with van der Waals surface area (Å²) in [6.45, 7) is 0. The molecule has 0 atom stereocenters. The van der Waals surface area contributed by atoms with Crippen LogP contribution in [-0.4, -0.2) is 12.1 Å². The summed E-state index contributed by atoms with van der Waals surface area (Å²) in [5, 5.41) is 10.2. The minimum atomic E-state index is 0.673. The van der Waals surface area contributed by atoms with E-state index in [1.807, 2.05) is 54.6 Å². The predicted molar refractivity (Wildman–Crippen MR) is 84.9 cm³/mol. The number of methoxy groups -OCH3 is 1. The van der Waals surface area contributed by atoms with E-state index in [0.29, 0.717) is 5.56 Å². The number of rotatable bonds is 3. The Bertz CT molecular complexity index is 853. The van der Waals surface area contributed by atoms with Crippen LogP contribution in [-0.2, 0) is 0 Å². The van der Waals surface area contributed by atoms with Gasteiger partial charge in [-0.2, -0.15) is 5.26 Å². The number of H-pyrrole nitrogens is 1. The van der Waals surface area contributed by atoms with Gasteiger partial charge in [0.15, 0.2) is 0 Å². The summed E-state index contributed by atoms with van der Waals surface area (Å²) in [6.07, 6.45) is 3.92. The van der Waals surface area contributed by atoms with Crippen molar-refractivity contribution in [2.24, 2.45) is 0 Å².